The highest BCUT2D eigenvalue weighted by molar-refractivity contribution is 5.58. The second-order valence-corrected chi connectivity index (χ2v) is 5.59. The average molecular weight is 318 g/mol. The first-order chi connectivity index (χ1) is 11.9. The summed E-state index contributed by atoms with van der Waals surface area (Å²) in [5.74, 6) is 0. The zero-order valence-electron chi connectivity index (χ0n) is 13.7. The van der Waals surface area contributed by atoms with Gasteiger partial charge < -0.3 is 10.6 Å². The maximum absolute atomic E-state index is 4.37. The van der Waals surface area contributed by atoms with Gasteiger partial charge in [0.05, 0.1) is 11.4 Å². The average Bonchev–Trinajstić information content (AvgIpc) is 2.67. The SMILES string of the molecule is c1ccc(CNCCNCc2ccc(-c3ccccn3)cc2)nc1. The Morgan fingerprint density at radius 2 is 1.38 bits per heavy atom. The summed E-state index contributed by atoms with van der Waals surface area (Å²) in [6.45, 7) is 3.52. The van der Waals surface area contributed by atoms with Crippen LogP contribution in [0, 0.1) is 0 Å². The van der Waals surface area contributed by atoms with Gasteiger partial charge in [0.25, 0.3) is 0 Å². The molecule has 2 heterocycles. The minimum atomic E-state index is 0.807. The second kappa shape index (κ2) is 8.91. The van der Waals surface area contributed by atoms with Crippen molar-refractivity contribution in [2.75, 3.05) is 13.1 Å². The number of nitrogens with zero attached hydrogens (tertiary/aromatic N) is 2. The van der Waals surface area contributed by atoms with Crippen molar-refractivity contribution in [2.24, 2.45) is 0 Å². The third kappa shape index (κ3) is 4.98. The summed E-state index contributed by atoms with van der Waals surface area (Å²) in [4.78, 5) is 8.66. The fraction of sp³-hybridized carbons (Fsp3) is 0.200. The molecule has 0 aliphatic rings. The van der Waals surface area contributed by atoms with E-state index in [1.54, 1.807) is 0 Å². The molecular formula is C20H22N4. The number of aromatic nitrogens is 2. The molecule has 4 nitrogen and oxygen atoms in total. The molecule has 0 saturated carbocycles. The van der Waals surface area contributed by atoms with Gasteiger partial charge in [0.1, 0.15) is 0 Å². The van der Waals surface area contributed by atoms with E-state index >= 15 is 0 Å². The van der Waals surface area contributed by atoms with Crippen molar-refractivity contribution in [3.63, 3.8) is 0 Å². The quantitative estimate of drug-likeness (QED) is 0.627. The van der Waals surface area contributed by atoms with Crippen molar-refractivity contribution in [1.29, 1.82) is 0 Å². The highest BCUT2D eigenvalue weighted by Crippen LogP contribution is 2.16. The zero-order chi connectivity index (χ0) is 16.5. The van der Waals surface area contributed by atoms with Crippen LogP contribution in [-0.2, 0) is 13.1 Å². The van der Waals surface area contributed by atoms with Gasteiger partial charge in [-0.05, 0) is 29.8 Å². The molecule has 0 spiro atoms. The number of hydrogen-bond donors (Lipinski definition) is 2. The molecule has 24 heavy (non-hydrogen) atoms. The first-order valence-electron chi connectivity index (χ1n) is 8.23. The van der Waals surface area contributed by atoms with Gasteiger partial charge in [-0.3, -0.25) is 9.97 Å². The molecule has 3 aromatic rings. The monoisotopic (exact) mass is 318 g/mol. The fourth-order valence-electron chi connectivity index (χ4n) is 2.46. The Hall–Kier alpha value is -2.56. The molecule has 0 fully saturated rings. The Labute approximate surface area is 143 Å². The molecule has 2 aromatic heterocycles. The van der Waals surface area contributed by atoms with E-state index in [4.69, 9.17) is 0 Å². The number of benzene rings is 1. The lowest BCUT2D eigenvalue weighted by Gasteiger charge is -2.07. The molecule has 4 heteroatoms. The lowest BCUT2D eigenvalue weighted by Crippen LogP contribution is -2.26. The fourth-order valence-corrected chi connectivity index (χ4v) is 2.46. The molecular weight excluding hydrogens is 296 g/mol. The normalized spacial score (nSPS) is 10.7. The minimum absolute atomic E-state index is 0.807. The highest BCUT2D eigenvalue weighted by Gasteiger charge is 1.98. The Bertz CT molecular complexity index is 712. The van der Waals surface area contributed by atoms with Crippen LogP contribution in [0.25, 0.3) is 11.3 Å². The van der Waals surface area contributed by atoms with E-state index < -0.39 is 0 Å². The molecule has 0 saturated heterocycles. The van der Waals surface area contributed by atoms with E-state index in [0.717, 1.165) is 43.1 Å². The first kappa shape index (κ1) is 16.3. The van der Waals surface area contributed by atoms with E-state index in [9.17, 15) is 0 Å². The van der Waals surface area contributed by atoms with Crippen molar-refractivity contribution >= 4 is 0 Å². The van der Waals surface area contributed by atoms with Gasteiger partial charge in [0.15, 0.2) is 0 Å². The van der Waals surface area contributed by atoms with Gasteiger partial charge in [0.2, 0.25) is 0 Å². The van der Waals surface area contributed by atoms with Gasteiger partial charge in [0, 0.05) is 44.1 Å². The Balaban J connectivity index is 1.36. The van der Waals surface area contributed by atoms with Crippen molar-refractivity contribution in [3.8, 4) is 11.3 Å². The van der Waals surface area contributed by atoms with E-state index in [1.165, 1.54) is 5.56 Å². The van der Waals surface area contributed by atoms with Gasteiger partial charge in [-0.2, -0.15) is 0 Å². The summed E-state index contributed by atoms with van der Waals surface area (Å²) >= 11 is 0. The molecule has 122 valence electrons. The molecule has 0 aliphatic carbocycles. The van der Waals surface area contributed by atoms with Crippen LogP contribution in [0.15, 0.2) is 73.1 Å². The number of hydrogen-bond acceptors (Lipinski definition) is 4. The standard InChI is InChI=1S/C20H22N4/c1-3-11-23-19(5-1)16-22-14-13-21-15-17-7-9-18(10-8-17)20-6-2-4-12-24-20/h1-12,21-22H,13-16H2. The van der Waals surface area contributed by atoms with Crippen LogP contribution >= 0.6 is 0 Å². The van der Waals surface area contributed by atoms with E-state index in [0.29, 0.717) is 0 Å². The molecule has 0 bridgehead atoms. The summed E-state index contributed by atoms with van der Waals surface area (Å²) in [6.07, 6.45) is 3.65. The highest BCUT2D eigenvalue weighted by atomic mass is 14.9. The molecule has 2 N–H and O–H groups in total. The first-order valence-corrected chi connectivity index (χ1v) is 8.23. The van der Waals surface area contributed by atoms with Crippen molar-refractivity contribution < 1.29 is 0 Å². The molecule has 0 amide bonds. The maximum Gasteiger partial charge on any atom is 0.0701 e. The summed E-state index contributed by atoms with van der Waals surface area (Å²) < 4.78 is 0. The number of nitrogens with one attached hydrogen (secondary N) is 2. The van der Waals surface area contributed by atoms with Crippen LogP contribution in [-0.4, -0.2) is 23.1 Å². The summed E-state index contributed by atoms with van der Waals surface area (Å²) in [5, 5.41) is 6.83. The Morgan fingerprint density at radius 3 is 2.04 bits per heavy atom. The summed E-state index contributed by atoms with van der Waals surface area (Å²) in [5.41, 5.74) is 4.51. The predicted octanol–water partition coefficient (Wildman–Crippen LogP) is 3.02. The van der Waals surface area contributed by atoms with Crippen LogP contribution in [0.1, 0.15) is 11.3 Å². The molecule has 0 unspecified atom stereocenters. The number of pyridine rings is 2. The topological polar surface area (TPSA) is 49.8 Å². The Morgan fingerprint density at radius 1 is 0.667 bits per heavy atom. The van der Waals surface area contributed by atoms with Crippen LogP contribution in [0.2, 0.25) is 0 Å². The van der Waals surface area contributed by atoms with Gasteiger partial charge in [-0.1, -0.05) is 36.4 Å². The van der Waals surface area contributed by atoms with Crippen LogP contribution in [0.4, 0.5) is 0 Å². The van der Waals surface area contributed by atoms with Gasteiger partial charge >= 0.3 is 0 Å². The molecule has 0 atom stereocenters. The maximum atomic E-state index is 4.37. The predicted molar refractivity (Wildman–Crippen MR) is 97.3 cm³/mol. The summed E-state index contributed by atoms with van der Waals surface area (Å²) in [7, 11) is 0. The lowest BCUT2D eigenvalue weighted by molar-refractivity contribution is 0.606. The van der Waals surface area contributed by atoms with Crippen molar-refractivity contribution in [1.82, 2.24) is 20.6 Å². The van der Waals surface area contributed by atoms with Gasteiger partial charge in [-0.25, -0.2) is 0 Å². The van der Waals surface area contributed by atoms with Crippen LogP contribution in [0.3, 0.4) is 0 Å². The smallest absolute Gasteiger partial charge is 0.0701 e. The second-order valence-electron chi connectivity index (χ2n) is 5.59. The third-order valence-electron chi connectivity index (χ3n) is 3.75. The largest absolute Gasteiger partial charge is 0.311 e. The van der Waals surface area contributed by atoms with E-state index in [1.807, 2.05) is 48.8 Å². The van der Waals surface area contributed by atoms with E-state index in [2.05, 4.69) is 44.9 Å². The molecule has 3 rings (SSSR count). The van der Waals surface area contributed by atoms with Crippen molar-refractivity contribution in [3.05, 3.63) is 84.3 Å². The molecule has 1 aromatic carbocycles. The molecule has 0 radical (unpaired) electrons. The van der Waals surface area contributed by atoms with Crippen LogP contribution < -0.4 is 10.6 Å². The summed E-state index contributed by atoms with van der Waals surface area (Å²) in [6, 6.07) is 20.5. The number of rotatable bonds is 8. The lowest BCUT2D eigenvalue weighted by atomic mass is 10.1. The van der Waals surface area contributed by atoms with Crippen LogP contribution in [0.5, 0.6) is 0 Å². The third-order valence-corrected chi connectivity index (χ3v) is 3.75. The van der Waals surface area contributed by atoms with Crippen molar-refractivity contribution in [2.45, 2.75) is 13.1 Å². The van der Waals surface area contributed by atoms with E-state index in [-0.39, 0.29) is 0 Å². The zero-order valence-corrected chi connectivity index (χ0v) is 13.7. The molecule has 0 aliphatic heterocycles. The Kier molecular flexibility index (Phi) is 6.05. The minimum Gasteiger partial charge on any atom is -0.311 e. The van der Waals surface area contributed by atoms with Gasteiger partial charge in [-0.15, -0.1) is 0 Å².